The quantitative estimate of drug-likeness (QED) is 0.605. The Morgan fingerprint density at radius 1 is 1.17 bits per heavy atom. The Morgan fingerprint density at radius 2 is 1.83 bits per heavy atom. The lowest BCUT2D eigenvalue weighted by Gasteiger charge is -2.26. The van der Waals surface area contributed by atoms with Crippen molar-refractivity contribution in [3.63, 3.8) is 0 Å². The Bertz CT molecular complexity index is 405. The molecule has 0 aromatic heterocycles. The molecule has 0 aliphatic carbocycles. The number of nitrogens with one attached hydrogen (secondary N) is 1. The van der Waals surface area contributed by atoms with E-state index >= 15 is 0 Å². The number of hydrogen-bond donors (Lipinski definition) is 1. The van der Waals surface area contributed by atoms with Crippen molar-refractivity contribution < 1.29 is 8.78 Å². The average molecular weight is 320 g/mol. The van der Waals surface area contributed by atoms with Crippen molar-refractivity contribution in [1.82, 2.24) is 5.32 Å². The SMILES string of the molecule is CCCNCCC(C)(C)c1cc(F)c(Br)cc1F. The van der Waals surface area contributed by atoms with Crippen LogP contribution in [0.5, 0.6) is 0 Å². The maximum Gasteiger partial charge on any atom is 0.137 e. The van der Waals surface area contributed by atoms with Gasteiger partial charge in [-0.15, -0.1) is 0 Å². The second kappa shape index (κ2) is 6.62. The standard InChI is InChI=1S/C14H20BrF2N/c1-4-6-18-7-5-14(2,3)10-8-13(17)11(15)9-12(10)16/h8-9,18H,4-7H2,1-3H3. The number of halogens is 3. The first-order chi connectivity index (χ1) is 8.38. The molecule has 0 aliphatic heterocycles. The predicted octanol–water partition coefficient (Wildman–Crippen LogP) is 4.39. The summed E-state index contributed by atoms with van der Waals surface area (Å²) in [6.07, 6.45) is 1.84. The lowest BCUT2D eigenvalue weighted by molar-refractivity contribution is 0.430. The highest BCUT2D eigenvalue weighted by Gasteiger charge is 2.25. The van der Waals surface area contributed by atoms with Crippen molar-refractivity contribution in [2.45, 2.75) is 39.0 Å². The summed E-state index contributed by atoms with van der Waals surface area (Å²) in [6, 6.07) is 2.49. The van der Waals surface area contributed by atoms with Crippen LogP contribution in [-0.4, -0.2) is 13.1 Å². The van der Waals surface area contributed by atoms with Gasteiger partial charge in [0, 0.05) is 0 Å². The zero-order valence-corrected chi connectivity index (χ0v) is 12.7. The van der Waals surface area contributed by atoms with Gasteiger partial charge in [-0.1, -0.05) is 20.8 Å². The molecule has 0 spiro atoms. The molecule has 0 saturated carbocycles. The van der Waals surface area contributed by atoms with Crippen molar-refractivity contribution in [2.75, 3.05) is 13.1 Å². The van der Waals surface area contributed by atoms with Gasteiger partial charge in [0.2, 0.25) is 0 Å². The van der Waals surface area contributed by atoms with Crippen LogP contribution in [0.1, 0.15) is 39.2 Å². The third-order valence-electron chi connectivity index (χ3n) is 3.09. The summed E-state index contributed by atoms with van der Waals surface area (Å²) in [5.41, 5.74) is 0.0494. The molecule has 0 atom stereocenters. The number of benzene rings is 1. The van der Waals surface area contributed by atoms with E-state index in [0.29, 0.717) is 5.56 Å². The normalized spacial score (nSPS) is 11.9. The third-order valence-corrected chi connectivity index (χ3v) is 3.70. The van der Waals surface area contributed by atoms with Crippen LogP contribution in [0.25, 0.3) is 0 Å². The van der Waals surface area contributed by atoms with Gasteiger partial charge in [-0.3, -0.25) is 0 Å². The maximum atomic E-state index is 13.9. The number of hydrogen-bond acceptors (Lipinski definition) is 1. The molecule has 1 N–H and O–H groups in total. The smallest absolute Gasteiger partial charge is 0.137 e. The Morgan fingerprint density at radius 3 is 2.44 bits per heavy atom. The van der Waals surface area contributed by atoms with Crippen LogP contribution in [0.15, 0.2) is 16.6 Å². The van der Waals surface area contributed by atoms with Gasteiger partial charge < -0.3 is 5.32 Å². The van der Waals surface area contributed by atoms with Gasteiger partial charge in [0.1, 0.15) is 11.6 Å². The highest BCUT2D eigenvalue weighted by molar-refractivity contribution is 9.10. The molecule has 0 heterocycles. The van der Waals surface area contributed by atoms with Crippen LogP contribution in [0.4, 0.5) is 8.78 Å². The summed E-state index contributed by atoms with van der Waals surface area (Å²) in [7, 11) is 0. The molecule has 0 fully saturated rings. The van der Waals surface area contributed by atoms with Crippen LogP contribution < -0.4 is 5.32 Å². The average Bonchev–Trinajstić information content (AvgIpc) is 2.29. The molecular weight excluding hydrogens is 300 g/mol. The van der Waals surface area contributed by atoms with Gasteiger partial charge in [0.05, 0.1) is 4.47 Å². The molecule has 0 unspecified atom stereocenters. The van der Waals surface area contributed by atoms with Crippen molar-refractivity contribution >= 4 is 15.9 Å². The van der Waals surface area contributed by atoms with E-state index in [-0.39, 0.29) is 15.7 Å². The lowest BCUT2D eigenvalue weighted by Crippen LogP contribution is -2.27. The molecule has 1 aromatic carbocycles. The summed E-state index contributed by atoms with van der Waals surface area (Å²) in [4.78, 5) is 0. The van der Waals surface area contributed by atoms with E-state index in [1.54, 1.807) is 0 Å². The van der Waals surface area contributed by atoms with Gasteiger partial charge in [-0.2, -0.15) is 0 Å². The van der Waals surface area contributed by atoms with Gasteiger partial charge >= 0.3 is 0 Å². The molecule has 0 aliphatic rings. The Balaban J connectivity index is 2.80. The Kier molecular flexibility index (Phi) is 5.73. The van der Waals surface area contributed by atoms with E-state index in [0.717, 1.165) is 25.9 Å². The first-order valence-corrected chi connectivity index (χ1v) is 7.03. The second-order valence-corrected chi connectivity index (χ2v) is 5.98. The van der Waals surface area contributed by atoms with Crippen LogP contribution in [0.3, 0.4) is 0 Å². The monoisotopic (exact) mass is 319 g/mol. The molecule has 0 radical (unpaired) electrons. The molecule has 1 rings (SSSR count). The first kappa shape index (κ1) is 15.6. The molecule has 0 saturated heterocycles. The minimum Gasteiger partial charge on any atom is -0.317 e. The molecule has 18 heavy (non-hydrogen) atoms. The van der Waals surface area contributed by atoms with E-state index in [1.807, 2.05) is 13.8 Å². The van der Waals surface area contributed by atoms with Gasteiger partial charge in [0.15, 0.2) is 0 Å². The summed E-state index contributed by atoms with van der Waals surface area (Å²) < 4.78 is 27.6. The van der Waals surface area contributed by atoms with E-state index in [2.05, 4.69) is 28.2 Å². The highest BCUT2D eigenvalue weighted by Crippen LogP contribution is 2.31. The first-order valence-electron chi connectivity index (χ1n) is 6.24. The minimum absolute atomic E-state index is 0.170. The predicted molar refractivity (Wildman–Crippen MR) is 74.9 cm³/mol. The van der Waals surface area contributed by atoms with Crippen molar-refractivity contribution in [3.05, 3.63) is 33.8 Å². The van der Waals surface area contributed by atoms with Crippen LogP contribution in [-0.2, 0) is 5.41 Å². The van der Waals surface area contributed by atoms with Gasteiger partial charge in [0.25, 0.3) is 0 Å². The van der Waals surface area contributed by atoms with E-state index in [9.17, 15) is 8.78 Å². The fraction of sp³-hybridized carbons (Fsp3) is 0.571. The molecular formula is C14H20BrF2N. The van der Waals surface area contributed by atoms with E-state index in [1.165, 1.54) is 12.1 Å². The largest absolute Gasteiger partial charge is 0.317 e. The van der Waals surface area contributed by atoms with Gasteiger partial charge in [-0.25, -0.2) is 8.78 Å². The maximum absolute atomic E-state index is 13.9. The summed E-state index contributed by atoms with van der Waals surface area (Å²) >= 11 is 2.99. The fourth-order valence-corrected chi connectivity index (χ4v) is 2.19. The van der Waals surface area contributed by atoms with Gasteiger partial charge in [-0.05, 0) is 65.0 Å². The van der Waals surface area contributed by atoms with Crippen molar-refractivity contribution in [1.29, 1.82) is 0 Å². The second-order valence-electron chi connectivity index (χ2n) is 5.13. The molecule has 0 bridgehead atoms. The zero-order chi connectivity index (χ0) is 13.8. The molecule has 1 aromatic rings. The van der Waals surface area contributed by atoms with Crippen LogP contribution >= 0.6 is 15.9 Å². The summed E-state index contributed by atoms with van der Waals surface area (Å²) in [5.74, 6) is -0.773. The molecule has 102 valence electrons. The minimum atomic E-state index is -0.416. The molecule has 1 nitrogen and oxygen atoms in total. The van der Waals surface area contributed by atoms with Crippen LogP contribution in [0.2, 0.25) is 0 Å². The van der Waals surface area contributed by atoms with E-state index in [4.69, 9.17) is 0 Å². The highest BCUT2D eigenvalue weighted by atomic mass is 79.9. The molecule has 4 heteroatoms. The van der Waals surface area contributed by atoms with Crippen LogP contribution in [0, 0.1) is 11.6 Å². The van der Waals surface area contributed by atoms with Crippen molar-refractivity contribution in [3.8, 4) is 0 Å². The van der Waals surface area contributed by atoms with Crippen molar-refractivity contribution in [2.24, 2.45) is 0 Å². The third kappa shape index (κ3) is 4.02. The summed E-state index contributed by atoms with van der Waals surface area (Å²) in [5, 5.41) is 3.28. The Labute approximate surface area is 116 Å². The number of rotatable bonds is 6. The summed E-state index contributed by atoms with van der Waals surface area (Å²) in [6.45, 7) is 7.73. The topological polar surface area (TPSA) is 12.0 Å². The molecule has 0 amide bonds. The Hall–Kier alpha value is -0.480. The van der Waals surface area contributed by atoms with E-state index < -0.39 is 5.82 Å². The zero-order valence-electron chi connectivity index (χ0n) is 11.1. The lowest BCUT2D eigenvalue weighted by atomic mass is 9.81. The fourth-order valence-electron chi connectivity index (χ4n) is 1.88.